The van der Waals surface area contributed by atoms with Gasteiger partial charge in [0.25, 0.3) is 0 Å². The number of hydrogen-bond acceptors (Lipinski definition) is 9. The fourth-order valence-electron chi connectivity index (χ4n) is 5.78. The number of carbonyl (C=O) groups is 1. The molecule has 244 valence electrons. The molecule has 1 fully saturated rings. The van der Waals surface area contributed by atoms with E-state index in [9.17, 15) is 13.2 Å². The fraction of sp³-hybridized carbons (Fsp3) is 0.294. The highest BCUT2D eigenvalue weighted by atomic mass is 35.5. The summed E-state index contributed by atoms with van der Waals surface area (Å²) in [6.07, 6.45) is 8.12. The lowest BCUT2D eigenvalue weighted by molar-refractivity contribution is 0.102. The van der Waals surface area contributed by atoms with Crippen molar-refractivity contribution in [1.82, 2.24) is 20.1 Å². The quantitative estimate of drug-likeness (QED) is 0.198. The van der Waals surface area contributed by atoms with Gasteiger partial charge in [-0.25, -0.2) is 18.2 Å². The molecule has 1 saturated heterocycles. The number of allylic oxidation sites excluding steroid dienone is 3. The summed E-state index contributed by atoms with van der Waals surface area (Å²) in [7, 11) is -2.05. The summed E-state index contributed by atoms with van der Waals surface area (Å²) in [4.78, 5) is 19.0. The van der Waals surface area contributed by atoms with Crippen molar-refractivity contribution in [2.75, 3.05) is 32.1 Å². The molecule has 0 radical (unpaired) electrons. The zero-order chi connectivity index (χ0) is 33.1. The molecule has 6 rings (SSSR count). The van der Waals surface area contributed by atoms with Gasteiger partial charge < -0.3 is 19.7 Å². The summed E-state index contributed by atoms with van der Waals surface area (Å²) in [5.41, 5.74) is 5.10. The number of likely N-dealkylation sites (tertiary alicyclic amines) is 1. The Hall–Kier alpha value is -4.19. The fourth-order valence-corrected chi connectivity index (χ4v) is 8.18. The van der Waals surface area contributed by atoms with E-state index < -0.39 is 21.2 Å². The van der Waals surface area contributed by atoms with Gasteiger partial charge in [-0.1, -0.05) is 41.4 Å². The maximum absolute atomic E-state index is 13.4. The summed E-state index contributed by atoms with van der Waals surface area (Å²) >= 11 is 13.1. The van der Waals surface area contributed by atoms with E-state index in [0.717, 1.165) is 29.5 Å². The number of hydrogen-bond donors (Lipinski definition) is 1. The third-order valence-electron chi connectivity index (χ3n) is 8.37. The molecule has 0 atom stereocenters. The number of ether oxygens (including phenoxy) is 2. The molecule has 0 bridgehead atoms. The number of sulfone groups is 1. The molecule has 47 heavy (non-hydrogen) atoms. The Morgan fingerprint density at radius 3 is 2.53 bits per heavy atom. The lowest BCUT2D eigenvalue weighted by Crippen LogP contribution is -2.42. The molecule has 0 saturated carbocycles. The van der Waals surface area contributed by atoms with Crippen LogP contribution in [0.1, 0.15) is 31.2 Å². The summed E-state index contributed by atoms with van der Waals surface area (Å²) < 4.78 is 37.7. The van der Waals surface area contributed by atoms with Crippen molar-refractivity contribution in [3.63, 3.8) is 0 Å². The lowest BCUT2D eigenvalue weighted by atomic mass is 10.0. The molecule has 0 unspecified atom stereocenters. The number of aryl methyl sites for hydroxylation is 1. The molecule has 2 heterocycles. The van der Waals surface area contributed by atoms with Gasteiger partial charge in [0.2, 0.25) is 5.95 Å². The van der Waals surface area contributed by atoms with Gasteiger partial charge >= 0.3 is 6.09 Å². The van der Waals surface area contributed by atoms with Crippen LogP contribution in [-0.2, 0) is 14.6 Å². The van der Waals surface area contributed by atoms with Crippen LogP contribution in [-0.4, -0.2) is 66.6 Å². The van der Waals surface area contributed by atoms with Crippen molar-refractivity contribution in [3.05, 3.63) is 87.9 Å². The monoisotopic (exact) mass is 693 g/mol. The van der Waals surface area contributed by atoms with E-state index in [1.165, 1.54) is 0 Å². The molecule has 1 aliphatic carbocycles. The van der Waals surface area contributed by atoms with Crippen LogP contribution in [0.15, 0.2) is 77.2 Å². The van der Waals surface area contributed by atoms with E-state index in [2.05, 4.69) is 26.6 Å². The number of benzene rings is 3. The zero-order valence-electron chi connectivity index (χ0n) is 25.9. The van der Waals surface area contributed by atoms with E-state index in [0.29, 0.717) is 64.0 Å². The molecule has 1 aromatic heterocycles. The Labute approximate surface area is 283 Å². The predicted octanol–water partition coefficient (Wildman–Crippen LogP) is 7.71. The van der Waals surface area contributed by atoms with Crippen molar-refractivity contribution >= 4 is 61.8 Å². The van der Waals surface area contributed by atoms with Crippen molar-refractivity contribution in [2.24, 2.45) is 0 Å². The van der Waals surface area contributed by atoms with E-state index in [1.54, 1.807) is 48.4 Å². The van der Waals surface area contributed by atoms with E-state index in [1.807, 2.05) is 31.2 Å². The van der Waals surface area contributed by atoms with Crippen LogP contribution in [0.3, 0.4) is 0 Å². The number of fused-ring (bicyclic) bond motifs is 1. The summed E-state index contributed by atoms with van der Waals surface area (Å²) in [5.74, 6) is 0.771. The zero-order valence-corrected chi connectivity index (χ0v) is 28.2. The molecule has 0 spiro atoms. The first-order valence-electron chi connectivity index (χ1n) is 15.2. The molecule has 13 heteroatoms. The minimum atomic E-state index is -3.60. The summed E-state index contributed by atoms with van der Waals surface area (Å²) in [6.45, 7) is 2.83. The molecule has 1 amide bonds. The van der Waals surface area contributed by atoms with Crippen molar-refractivity contribution in [1.29, 1.82) is 0 Å². The average Bonchev–Trinajstić information content (AvgIpc) is 3.08. The standard InChI is InChI=1S/C34H33Cl2N5O5S/c1-21-18-23(30-27(35)12-13-29(45-2)31(30)36)19-28-32(21)38-33(40-39-28)37-24-8-10-25(11-9-24)47(43,44)26-14-16-41(17-15-26)34(42)46-20-22-6-4-3-5-7-22/h3-4,6,8-13,18-19,26H,5,7,14-17,20H2,1-2H3,(H,37,38,40). The Bertz CT molecular complexity index is 1990. The maximum atomic E-state index is 13.4. The van der Waals surface area contributed by atoms with E-state index in [-0.39, 0.29) is 17.5 Å². The molecular weight excluding hydrogens is 661 g/mol. The van der Waals surface area contributed by atoms with E-state index in [4.69, 9.17) is 32.7 Å². The molecule has 1 N–H and O–H groups in total. The number of aromatic nitrogens is 3. The van der Waals surface area contributed by atoms with Gasteiger partial charge in [0.15, 0.2) is 9.84 Å². The van der Waals surface area contributed by atoms with Gasteiger partial charge in [-0.15, -0.1) is 10.2 Å². The number of piperidine rings is 1. The number of nitrogens with one attached hydrogen (secondary N) is 1. The number of rotatable bonds is 8. The first-order valence-corrected chi connectivity index (χ1v) is 17.5. The second kappa shape index (κ2) is 13.9. The predicted molar refractivity (Wildman–Crippen MR) is 183 cm³/mol. The highest BCUT2D eigenvalue weighted by Crippen LogP contribution is 2.41. The van der Waals surface area contributed by atoms with Crippen molar-refractivity contribution in [3.8, 4) is 16.9 Å². The lowest BCUT2D eigenvalue weighted by Gasteiger charge is -2.31. The molecule has 4 aromatic rings. The third-order valence-corrected chi connectivity index (χ3v) is 11.3. The van der Waals surface area contributed by atoms with Gasteiger partial charge in [-0.3, -0.25) is 0 Å². The number of methoxy groups -OCH3 is 1. The van der Waals surface area contributed by atoms with Crippen molar-refractivity contribution in [2.45, 2.75) is 42.8 Å². The second-order valence-electron chi connectivity index (χ2n) is 11.5. The highest BCUT2D eigenvalue weighted by molar-refractivity contribution is 7.92. The Morgan fingerprint density at radius 2 is 1.83 bits per heavy atom. The molecule has 10 nitrogen and oxygen atoms in total. The van der Waals surface area contributed by atoms with Crippen LogP contribution in [0.4, 0.5) is 16.4 Å². The summed E-state index contributed by atoms with van der Waals surface area (Å²) in [5, 5.41) is 12.0. The molecule has 1 aliphatic heterocycles. The topological polar surface area (TPSA) is 124 Å². The number of nitrogens with zero attached hydrogens (tertiary/aromatic N) is 4. The first kappa shape index (κ1) is 32.7. The van der Waals surface area contributed by atoms with Crippen LogP contribution in [0.2, 0.25) is 10.0 Å². The van der Waals surface area contributed by atoms with Crippen LogP contribution in [0.5, 0.6) is 5.75 Å². The highest BCUT2D eigenvalue weighted by Gasteiger charge is 2.33. The molecule has 2 aliphatic rings. The van der Waals surface area contributed by atoms with Crippen LogP contribution >= 0.6 is 23.2 Å². The Morgan fingerprint density at radius 1 is 1.06 bits per heavy atom. The Balaban J connectivity index is 1.10. The number of amides is 1. The van der Waals surface area contributed by atoms with Gasteiger partial charge in [-0.2, -0.15) is 0 Å². The van der Waals surface area contributed by atoms with Crippen LogP contribution in [0, 0.1) is 6.92 Å². The van der Waals surface area contributed by atoms with Crippen LogP contribution < -0.4 is 10.1 Å². The average molecular weight is 695 g/mol. The minimum absolute atomic E-state index is 0.220. The minimum Gasteiger partial charge on any atom is -0.495 e. The SMILES string of the molecule is COc1ccc(Cl)c(-c2cc(C)c3nc(Nc4ccc(S(=O)(=O)C5CCN(C(=O)OCC6=CC=CCC6)CC5)cc4)nnc3c2)c1Cl. The second-order valence-corrected chi connectivity index (χ2v) is 14.5. The normalized spacial score (nSPS) is 15.4. The maximum Gasteiger partial charge on any atom is 0.410 e. The number of anilines is 2. The number of halogens is 2. The number of carbonyl (C=O) groups excluding carboxylic acids is 1. The largest absolute Gasteiger partial charge is 0.495 e. The van der Waals surface area contributed by atoms with Gasteiger partial charge in [-0.05, 0) is 97.8 Å². The smallest absolute Gasteiger partial charge is 0.410 e. The van der Waals surface area contributed by atoms with Gasteiger partial charge in [0.1, 0.15) is 17.9 Å². The third kappa shape index (κ3) is 7.07. The first-order chi connectivity index (χ1) is 22.6. The Kier molecular flexibility index (Phi) is 9.67. The van der Waals surface area contributed by atoms with Gasteiger partial charge in [0, 0.05) is 24.3 Å². The van der Waals surface area contributed by atoms with Gasteiger partial charge in [0.05, 0.1) is 32.8 Å². The van der Waals surface area contributed by atoms with Crippen LogP contribution in [0.25, 0.3) is 22.2 Å². The van der Waals surface area contributed by atoms with E-state index >= 15 is 0 Å². The molecular formula is C34H33Cl2N5O5S. The summed E-state index contributed by atoms with van der Waals surface area (Å²) in [6, 6.07) is 13.7. The van der Waals surface area contributed by atoms with Crippen molar-refractivity contribution < 1.29 is 22.7 Å². The molecule has 3 aromatic carbocycles.